The van der Waals surface area contributed by atoms with E-state index in [0.717, 1.165) is 11.1 Å². The lowest BCUT2D eigenvalue weighted by molar-refractivity contribution is -0.0950. The van der Waals surface area contributed by atoms with E-state index in [2.05, 4.69) is 4.98 Å². The molecule has 8 nitrogen and oxygen atoms in total. The largest absolute Gasteiger partial charge is 0.489 e. The Morgan fingerprint density at radius 2 is 1.75 bits per heavy atom. The highest BCUT2D eigenvalue weighted by molar-refractivity contribution is 7.89. The highest BCUT2D eigenvalue weighted by Gasteiger charge is 2.35. The Labute approximate surface area is 232 Å². The van der Waals surface area contributed by atoms with Gasteiger partial charge in [0.05, 0.1) is 10.5 Å². The lowest BCUT2D eigenvalue weighted by Crippen LogP contribution is -2.35. The second-order valence-electron chi connectivity index (χ2n) is 9.37. The van der Waals surface area contributed by atoms with Gasteiger partial charge in [-0.1, -0.05) is 30.3 Å². The van der Waals surface area contributed by atoms with Crippen molar-refractivity contribution >= 4 is 16.1 Å². The highest BCUT2D eigenvalue weighted by Crippen LogP contribution is 2.37. The van der Waals surface area contributed by atoms with Crippen LogP contribution in [-0.4, -0.2) is 40.3 Å². The SMILES string of the molecule is COC1(c2cc(F)cc(OC/C=C\c3nc(-c4ccccc4)c(-c4ccc(S(N)(=O)=O)cc4)o3)c2)CCOCC1. The Morgan fingerprint density at radius 1 is 1.02 bits per heavy atom. The van der Waals surface area contributed by atoms with Crippen LogP contribution in [0.25, 0.3) is 28.7 Å². The van der Waals surface area contributed by atoms with Gasteiger partial charge in [0.1, 0.15) is 23.9 Å². The fourth-order valence-corrected chi connectivity index (χ4v) is 5.22. The summed E-state index contributed by atoms with van der Waals surface area (Å²) in [6.07, 6.45) is 4.66. The smallest absolute Gasteiger partial charge is 0.238 e. The number of aromatic nitrogens is 1. The molecule has 5 rings (SSSR count). The summed E-state index contributed by atoms with van der Waals surface area (Å²) in [4.78, 5) is 4.64. The Bertz CT molecular complexity index is 1600. The van der Waals surface area contributed by atoms with Crippen LogP contribution in [0.1, 0.15) is 24.3 Å². The normalized spacial score (nSPS) is 15.4. The van der Waals surface area contributed by atoms with Crippen LogP contribution in [0, 0.1) is 5.82 Å². The van der Waals surface area contributed by atoms with Gasteiger partial charge in [-0.25, -0.2) is 22.9 Å². The zero-order valence-electron chi connectivity index (χ0n) is 21.9. The third kappa shape index (κ3) is 6.15. The lowest BCUT2D eigenvalue weighted by Gasteiger charge is -2.36. The second-order valence-corrected chi connectivity index (χ2v) is 10.9. The number of benzene rings is 3. The van der Waals surface area contributed by atoms with E-state index in [1.807, 2.05) is 30.3 Å². The number of methoxy groups -OCH3 is 1. The second kappa shape index (κ2) is 11.7. The molecule has 1 fully saturated rings. The fraction of sp³-hybridized carbons (Fsp3) is 0.233. The standard InChI is InChI=1S/C30H29FN2O6S/c1-36-30(13-16-37-17-14-30)23-18-24(31)20-25(19-23)38-15-5-8-27-33-28(21-6-3-2-4-7-21)29(39-27)22-9-11-26(12-10-22)40(32,34)35/h2-12,18-20H,13-17H2,1H3,(H2,32,34,35)/b8-5-. The molecule has 4 aromatic rings. The molecule has 1 aliphatic rings. The van der Waals surface area contributed by atoms with Gasteiger partial charge >= 0.3 is 0 Å². The average molecular weight is 565 g/mol. The summed E-state index contributed by atoms with van der Waals surface area (Å²) in [6.45, 7) is 1.23. The minimum Gasteiger partial charge on any atom is -0.489 e. The van der Waals surface area contributed by atoms with Gasteiger partial charge in [0.25, 0.3) is 0 Å². The zero-order chi connectivity index (χ0) is 28.2. The molecular formula is C30H29FN2O6S. The number of halogens is 1. The van der Waals surface area contributed by atoms with Gasteiger partial charge in [0.2, 0.25) is 15.9 Å². The van der Waals surface area contributed by atoms with Crippen LogP contribution in [0.5, 0.6) is 5.75 Å². The number of oxazole rings is 1. The molecule has 0 aliphatic carbocycles. The number of sulfonamides is 1. The van der Waals surface area contributed by atoms with Crippen LogP contribution in [0.2, 0.25) is 0 Å². The third-order valence-corrected chi connectivity index (χ3v) is 7.76. The van der Waals surface area contributed by atoms with Crippen molar-refractivity contribution in [1.29, 1.82) is 0 Å². The van der Waals surface area contributed by atoms with Crippen LogP contribution < -0.4 is 9.88 Å². The molecular weight excluding hydrogens is 535 g/mol. The average Bonchev–Trinajstić information content (AvgIpc) is 3.40. The Balaban J connectivity index is 1.36. The number of hydrogen-bond acceptors (Lipinski definition) is 7. The minimum absolute atomic E-state index is 0.00282. The molecule has 0 unspecified atom stereocenters. The first kappa shape index (κ1) is 27.7. The zero-order valence-corrected chi connectivity index (χ0v) is 22.7. The van der Waals surface area contributed by atoms with E-state index < -0.39 is 21.4 Å². The van der Waals surface area contributed by atoms with Gasteiger partial charge in [-0.05, 0) is 48.0 Å². The summed E-state index contributed by atoms with van der Waals surface area (Å²) in [5, 5.41) is 5.23. The van der Waals surface area contributed by atoms with Crippen LogP contribution in [0.3, 0.4) is 0 Å². The van der Waals surface area contributed by atoms with Crippen molar-refractivity contribution in [1.82, 2.24) is 4.98 Å². The first-order chi connectivity index (χ1) is 19.3. The molecule has 0 saturated carbocycles. The van der Waals surface area contributed by atoms with E-state index in [1.54, 1.807) is 37.5 Å². The van der Waals surface area contributed by atoms with E-state index in [-0.39, 0.29) is 11.5 Å². The van der Waals surface area contributed by atoms with E-state index >= 15 is 0 Å². The first-order valence-corrected chi connectivity index (χ1v) is 14.2. The summed E-state index contributed by atoms with van der Waals surface area (Å²) in [5.74, 6) is 0.783. The predicted octanol–water partition coefficient (Wildman–Crippen LogP) is 5.54. The summed E-state index contributed by atoms with van der Waals surface area (Å²) in [6, 6.07) is 20.2. The van der Waals surface area contributed by atoms with E-state index in [4.69, 9.17) is 23.8 Å². The monoisotopic (exact) mass is 564 g/mol. The van der Waals surface area contributed by atoms with Gasteiger partial charge in [-0.2, -0.15) is 0 Å². The van der Waals surface area contributed by atoms with Gasteiger partial charge in [-0.3, -0.25) is 0 Å². The lowest BCUT2D eigenvalue weighted by atomic mass is 9.86. The molecule has 1 saturated heterocycles. The number of nitrogens with two attached hydrogens (primary N) is 1. The molecule has 0 spiro atoms. The van der Waals surface area contributed by atoms with Crippen molar-refractivity contribution < 1.29 is 31.4 Å². The molecule has 0 amide bonds. The maximum absolute atomic E-state index is 14.5. The summed E-state index contributed by atoms with van der Waals surface area (Å²) < 4.78 is 60.9. The molecule has 0 radical (unpaired) electrons. The third-order valence-electron chi connectivity index (χ3n) is 6.83. The number of nitrogens with zero attached hydrogens (tertiary/aromatic N) is 1. The number of hydrogen-bond donors (Lipinski definition) is 1. The van der Waals surface area contributed by atoms with Crippen LogP contribution >= 0.6 is 0 Å². The maximum atomic E-state index is 14.5. The van der Waals surface area contributed by atoms with Crippen molar-refractivity contribution in [2.24, 2.45) is 5.14 Å². The molecule has 0 atom stereocenters. The van der Waals surface area contributed by atoms with Crippen LogP contribution in [-0.2, 0) is 25.1 Å². The Hall–Kier alpha value is -3.83. The molecule has 3 aromatic carbocycles. The predicted molar refractivity (Wildman–Crippen MR) is 148 cm³/mol. The quantitative estimate of drug-likeness (QED) is 0.284. The minimum atomic E-state index is -3.82. The Morgan fingerprint density at radius 3 is 2.42 bits per heavy atom. The van der Waals surface area contributed by atoms with E-state index in [9.17, 15) is 12.8 Å². The molecule has 2 heterocycles. The first-order valence-electron chi connectivity index (χ1n) is 12.7. The van der Waals surface area contributed by atoms with Gasteiger partial charge in [-0.15, -0.1) is 0 Å². The van der Waals surface area contributed by atoms with Crippen molar-refractivity contribution in [3.63, 3.8) is 0 Å². The maximum Gasteiger partial charge on any atom is 0.238 e. The van der Waals surface area contributed by atoms with Crippen molar-refractivity contribution in [3.05, 3.63) is 96.1 Å². The number of rotatable bonds is 9. The van der Waals surface area contributed by atoms with Crippen molar-refractivity contribution in [2.75, 3.05) is 26.9 Å². The van der Waals surface area contributed by atoms with Gasteiger partial charge in [0.15, 0.2) is 5.76 Å². The van der Waals surface area contributed by atoms with Crippen LogP contribution in [0.4, 0.5) is 4.39 Å². The highest BCUT2D eigenvalue weighted by atomic mass is 32.2. The molecule has 1 aromatic heterocycles. The van der Waals surface area contributed by atoms with Gasteiger partial charge < -0.3 is 18.6 Å². The van der Waals surface area contributed by atoms with Crippen molar-refractivity contribution in [2.45, 2.75) is 23.3 Å². The van der Waals surface area contributed by atoms with Gasteiger partial charge in [0, 0.05) is 56.4 Å². The Kier molecular flexibility index (Phi) is 8.13. The van der Waals surface area contributed by atoms with Crippen molar-refractivity contribution in [3.8, 4) is 28.3 Å². The number of ether oxygens (including phenoxy) is 3. The molecule has 40 heavy (non-hydrogen) atoms. The molecule has 2 N–H and O–H groups in total. The van der Waals surface area contributed by atoms with E-state index in [1.165, 1.54) is 24.3 Å². The summed E-state index contributed by atoms with van der Waals surface area (Å²) >= 11 is 0. The number of primary sulfonamides is 1. The molecule has 10 heteroatoms. The molecule has 0 bridgehead atoms. The summed E-state index contributed by atoms with van der Waals surface area (Å²) in [5.41, 5.74) is 2.18. The van der Waals surface area contributed by atoms with Crippen LogP contribution in [0.15, 0.2) is 88.2 Å². The summed E-state index contributed by atoms with van der Waals surface area (Å²) in [7, 11) is -2.19. The topological polar surface area (TPSA) is 114 Å². The van der Waals surface area contributed by atoms with E-state index in [0.29, 0.717) is 54.7 Å². The molecule has 1 aliphatic heterocycles. The fourth-order valence-electron chi connectivity index (χ4n) is 4.71. The molecule has 208 valence electrons.